The summed E-state index contributed by atoms with van der Waals surface area (Å²) in [5.41, 5.74) is -0.273. The van der Waals surface area contributed by atoms with E-state index in [0.717, 1.165) is 0 Å². The first-order valence-electron chi connectivity index (χ1n) is 6.85. The van der Waals surface area contributed by atoms with Crippen molar-refractivity contribution in [1.29, 1.82) is 0 Å². The molecular formula is C14H27NO2. The highest BCUT2D eigenvalue weighted by Gasteiger charge is 2.39. The van der Waals surface area contributed by atoms with Crippen LogP contribution in [0.5, 0.6) is 0 Å². The molecule has 3 heteroatoms. The molecule has 1 rings (SSSR count). The summed E-state index contributed by atoms with van der Waals surface area (Å²) in [6, 6.07) is 0.472. The largest absolute Gasteiger partial charge is 0.481 e. The molecule has 0 aromatic heterocycles. The third-order valence-corrected chi connectivity index (χ3v) is 4.75. The van der Waals surface area contributed by atoms with Gasteiger partial charge in [0, 0.05) is 12.6 Å². The van der Waals surface area contributed by atoms with E-state index in [-0.39, 0.29) is 0 Å². The highest BCUT2D eigenvalue weighted by atomic mass is 16.4. The van der Waals surface area contributed by atoms with E-state index >= 15 is 0 Å². The molecule has 0 radical (unpaired) electrons. The fourth-order valence-electron chi connectivity index (χ4n) is 2.90. The average Bonchev–Trinajstić information content (AvgIpc) is 2.60. The third kappa shape index (κ3) is 3.01. The Morgan fingerprint density at radius 3 is 2.35 bits per heavy atom. The van der Waals surface area contributed by atoms with Gasteiger partial charge in [0.15, 0.2) is 0 Å². The summed E-state index contributed by atoms with van der Waals surface area (Å²) in [6.07, 6.45) is 5.06. The van der Waals surface area contributed by atoms with Gasteiger partial charge in [-0.15, -0.1) is 0 Å². The van der Waals surface area contributed by atoms with Crippen molar-refractivity contribution in [1.82, 2.24) is 5.32 Å². The van der Waals surface area contributed by atoms with Crippen LogP contribution in [0.25, 0.3) is 0 Å². The van der Waals surface area contributed by atoms with Crippen molar-refractivity contribution in [2.24, 2.45) is 10.8 Å². The summed E-state index contributed by atoms with van der Waals surface area (Å²) in [5.74, 6) is -0.661. The van der Waals surface area contributed by atoms with E-state index in [2.05, 4.69) is 19.2 Å². The van der Waals surface area contributed by atoms with Gasteiger partial charge >= 0.3 is 5.97 Å². The van der Waals surface area contributed by atoms with E-state index in [0.29, 0.717) is 30.8 Å². The lowest BCUT2D eigenvalue weighted by Crippen LogP contribution is -2.47. The summed E-state index contributed by atoms with van der Waals surface area (Å²) in [7, 11) is 0. The molecule has 0 heterocycles. The van der Waals surface area contributed by atoms with Crippen molar-refractivity contribution in [2.75, 3.05) is 6.54 Å². The van der Waals surface area contributed by atoms with Crippen LogP contribution in [0.2, 0.25) is 0 Å². The van der Waals surface area contributed by atoms with Crippen molar-refractivity contribution in [2.45, 2.75) is 65.8 Å². The van der Waals surface area contributed by atoms with E-state index in [1.165, 1.54) is 19.3 Å². The molecule has 0 amide bonds. The van der Waals surface area contributed by atoms with Crippen LogP contribution in [-0.4, -0.2) is 23.7 Å². The molecule has 0 aromatic carbocycles. The van der Waals surface area contributed by atoms with E-state index in [9.17, 15) is 9.90 Å². The predicted octanol–water partition coefficient (Wildman–Crippen LogP) is 3.05. The Labute approximate surface area is 105 Å². The zero-order valence-electron chi connectivity index (χ0n) is 11.7. The number of hydrogen-bond donors (Lipinski definition) is 2. The maximum atomic E-state index is 11.4. The molecule has 1 fully saturated rings. The van der Waals surface area contributed by atoms with Crippen LogP contribution < -0.4 is 5.32 Å². The first kappa shape index (κ1) is 14.5. The van der Waals surface area contributed by atoms with Crippen molar-refractivity contribution in [3.05, 3.63) is 0 Å². The Bertz CT molecular complexity index is 269. The van der Waals surface area contributed by atoms with Gasteiger partial charge in [0.25, 0.3) is 0 Å². The zero-order chi connectivity index (χ0) is 13.1. The smallest absolute Gasteiger partial charge is 0.310 e. The lowest BCUT2D eigenvalue weighted by molar-refractivity contribution is -0.149. The Hall–Kier alpha value is -0.570. The SMILES string of the molecule is CCC(CC)(CNC1CCCC1(C)C)C(=O)O. The molecule has 0 aliphatic heterocycles. The van der Waals surface area contributed by atoms with Gasteiger partial charge in [-0.05, 0) is 31.1 Å². The molecular weight excluding hydrogens is 214 g/mol. The zero-order valence-corrected chi connectivity index (χ0v) is 11.7. The second-order valence-electron chi connectivity index (χ2n) is 6.11. The minimum Gasteiger partial charge on any atom is -0.481 e. The monoisotopic (exact) mass is 241 g/mol. The van der Waals surface area contributed by atoms with Crippen LogP contribution in [0.1, 0.15) is 59.8 Å². The molecule has 0 aromatic rings. The molecule has 0 bridgehead atoms. The van der Waals surface area contributed by atoms with Gasteiger partial charge in [-0.3, -0.25) is 4.79 Å². The molecule has 0 spiro atoms. The van der Waals surface area contributed by atoms with E-state index < -0.39 is 11.4 Å². The first-order chi connectivity index (χ1) is 7.88. The van der Waals surface area contributed by atoms with Crippen LogP contribution >= 0.6 is 0 Å². The van der Waals surface area contributed by atoms with Crippen LogP contribution in [0.3, 0.4) is 0 Å². The highest BCUT2D eigenvalue weighted by Crippen LogP contribution is 2.38. The second-order valence-corrected chi connectivity index (χ2v) is 6.11. The predicted molar refractivity (Wildman–Crippen MR) is 70.1 cm³/mol. The van der Waals surface area contributed by atoms with Gasteiger partial charge in [-0.25, -0.2) is 0 Å². The first-order valence-corrected chi connectivity index (χ1v) is 6.85. The van der Waals surface area contributed by atoms with Gasteiger partial charge in [-0.2, -0.15) is 0 Å². The maximum Gasteiger partial charge on any atom is 0.310 e. The Kier molecular flexibility index (Phi) is 4.59. The van der Waals surface area contributed by atoms with Crippen LogP contribution in [0, 0.1) is 10.8 Å². The average molecular weight is 241 g/mol. The van der Waals surface area contributed by atoms with Gasteiger partial charge in [-0.1, -0.05) is 34.1 Å². The summed E-state index contributed by atoms with van der Waals surface area (Å²) in [6.45, 7) is 9.09. The topological polar surface area (TPSA) is 49.3 Å². The fourth-order valence-corrected chi connectivity index (χ4v) is 2.90. The number of carboxylic acids is 1. The standard InChI is InChI=1S/C14H27NO2/c1-5-14(6-2,12(16)17)10-15-11-8-7-9-13(11,3)4/h11,15H,5-10H2,1-4H3,(H,16,17). The van der Waals surface area contributed by atoms with E-state index in [1.54, 1.807) is 0 Å². The number of rotatable bonds is 6. The van der Waals surface area contributed by atoms with Crippen molar-refractivity contribution >= 4 is 5.97 Å². The quantitative estimate of drug-likeness (QED) is 0.751. The molecule has 1 atom stereocenters. The highest BCUT2D eigenvalue weighted by molar-refractivity contribution is 5.74. The lowest BCUT2D eigenvalue weighted by Gasteiger charge is -2.33. The van der Waals surface area contributed by atoms with Crippen molar-refractivity contribution in [3.8, 4) is 0 Å². The van der Waals surface area contributed by atoms with Gasteiger partial charge < -0.3 is 10.4 Å². The molecule has 100 valence electrons. The molecule has 1 saturated carbocycles. The molecule has 2 N–H and O–H groups in total. The Morgan fingerprint density at radius 2 is 2.00 bits per heavy atom. The number of carbonyl (C=O) groups is 1. The second kappa shape index (κ2) is 5.38. The summed E-state index contributed by atoms with van der Waals surface area (Å²) in [5, 5.41) is 12.9. The minimum absolute atomic E-state index is 0.311. The molecule has 1 aliphatic rings. The van der Waals surface area contributed by atoms with Crippen LogP contribution in [-0.2, 0) is 4.79 Å². The van der Waals surface area contributed by atoms with Crippen molar-refractivity contribution < 1.29 is 9.90 Å². The minimum atomic E-state index is -0.661. The van der Waals surface area contributed by atoms with Gasteiger partial charge in [0.05, 0.1) is 5.41 Å². The molecule has 1 unspecified atom stereocenters. The summed E-state index contributed by atoms with van der Waals surface area (Å²) in [4.78, 5) is 11.4. The Balaban J connectivity index is 2.61. The molecule has 3 nitrogen and oxygen atoms in total. The van der Waals surface area contributed by atoms with Gasteiger partial charge in [0.1, 0.15) is 0 Å². The number of carboxylic acid groups (broad SMARTS) is 1. The van der Waals surface area contributed by atoms with Crippen LogP contribution in [0.4, 0.5) is 0 Å². The Morgan fingerprint density at radius 1 is 1.41 bits per heavy atom. The van der Waals surface area contributed by atoms with E-state index in [4.69, 9.17) is 0 Å². The van der Waals surface area contributed by atoms with Crippen LogP contribution in [0.15, 0.2) is 0 Å². The summed E-state index contributed by atoms with van der Waals surface area (Å²) >= 11 is 0. The maximum absolute atomic E-state index is 11.4. The number of aliphatic carboxylic acids is 1. The van der Waals surface area contributed by atoms with Gasteiger partial charge in [0.2, 0.25) is 0 Å². The van der Waals surface area contributed by atoms with Crippen molar-refractivity contribution in [3.63, 3.8) is 0 Å². The normalized spacial score (nSPS) is 23.9. The molecule has 17 heavy (non-hydrogen) atoms. The summed E-state index contributed by atoms with van der Waals surface area (Å²) < 4.78 is 0. The number of hydrogen-bond acceptors (Lipinski definition) is 2. The third-order valence-electron chi connectivity index (χ3n) is 4.75. The molecule has 0 saturated heterocycles. The van der Waals surface area contributed by atoms with E-state index in [1.807, 2.05) is 13.8 Å². The molecule has 1 aliphatic carbocycles. The lowest BCUT2D eigenvalue weighted by atomic mass is 9.81. The fraction of sp³-hybridized carbons (Fsp3) is 0.929. The number of nitrogens with one attached hydrogen (secondary N) is 1.